The van der Waals surface area contributed by atoms with Gasteiger partial charge in [0.15, 0.2) is 5.78 Å². The average molecular weight is 296 g/mol. The van der Waals surface area contributed by atoms with Gasteiger partial charge in [0, 0.05) is 23.0 Å². The first-order valence-corrected chi connectivity index (χ1v) is 7.13. The zero-order valence-electron chi connectivity index (χ0n) is 11.4. The number of rotatable bonds is 7. The molecule has 0 saturated heterocycles. The number of carbonyl (C=O) groups is 2. The average Bonchev–Trinajstić information content (AvgIpc) is 3.20. The lowest BCUT2D eigenvalue weighted by atomic mass is 9.96. The van der Waals surface area contributed by atoms with Crippen LogP contribution in [0.3, 0.4) is 0 Å². The molecule has 1 aliphatic rings. The van der Waals surface area contributed by atoms with Crippen LogP contribution in [0.2, 0.25) is 5.02 Å². The van der Waals surface area contributed by atoms with E-state index in [2.05, 4.69) is 5.32 Å². The van der Waals surface area contributed by atoms with E-state index in [0.29, 0.717) is 23.0 Å². The van der Waals surface area contributed by atoms with Crippen molar-refractivity contribution in [3.8, 4) is 0 Å². The third-order valence-electron chi connectivity index (χ3n) is 3.44. The fourth-order valence-electron chi connectivity index (χ4n) is 2.14. The van der Waals surface area contributed by atoms with Gasteiger partial charge in [-0.2, -0.15) is 0 Å². The van der Waals surface area contributed by atoms with Crippen molar-refractivity contribution in [2.75, 3.05) is 0 Å². The predicted octanol–water partition coefficient (Wildman–Crippen LogP) is 2.82. The Kier molecular flexibility index (Phi) is 4.78. The van der Waals surface area contributed by atoms with Crippen molar-refractivity contribution in [1.29, 1.82) is 0 Å². The highest BCUT2D eigenvalue weighted by atomic mass is 35.5. The topological polar surface area (TPSA) is 66.4 Å². The molecule has 1 aromatic rings. The van der Waals surface area contributed by atoms with Crippen molar-refractivity contribution < 1.29 is 14.7 Å². The molecule has 20 heavy (non-hydrogen) atoms. The Balaban J connectivity index is 2.15. The molecule has 108 valence electrons. The van der Waals surface area contributed by atoms with Crippen LogP contribution in [0.5, 0.6) is 0 Å². The summed E-state index contributed by atoms with van der Waals surface area (Å²) in [6, 6.07) is 5.10. The summed E-state index contributed by atoms with van der Waals surface area (Å²) in [7, 11) is 0. The Labute approximate surface area is 123 Å². The number of carboxylic acids is 1. The van der Waals surface area contributed by atoms with E-state index in [1.807, 2.05) is 6.92 Å². The number of hydrogen-bond acceptors (Lipinski definition) is 3. The highest BCUT2D eigenvalue weighted by Crippen LogP contribution is 2.23. The van der Waals surface area contributed by atoms with Crippen LogP contribution in [-0.2, 0) is 4.79 Å². The molecule has 1 atom stereocenters. The van der Waals surface area contributed by atoms with Gasteiger partial charge >= 0.3 is 5.97 Å². The number of ketones is 1. The largest absolute Gasteiger partial charge is 0.481 e. The summed E-state index contributed by atoms with van der Waals surface area (Å²) in [5, 5.41) is 12.6. The van der Waals surface area contributed by atoms with Gasteiger partial charge in [0.1, 0.15) is 0 Å². The Hall–Kier alpha value is -1.39. The van der Waals surface area contributed by atoms with Crippen molar-refractivity contribution in [2.24, 2.45) is 0 Å². The van der Waals surface area contributed by atoms with Crippen LogP contribution in [0, 0.1) is 6.92 Å². The summed E-state index contributed by atoms with van der Waals surface area (Å²) in [5.74, 6) is -0.957. The molecule has 0 bridgehead atoms. The fourth-order valence-corrected chi connectivity index (χ4v) is 2.31. The number of carboxylic acid groups (broad SMARTS) is 1. The van der Waals surface area contributed by atoms with Gasteiger partial charge in [-0.05, 0) is 43.9 Å². The highest BCUT2D eigenvalue weighted by molar-refractivity contribution is 6.31. The van der Waals surface area contributed by atoms with Crippen LogP contribution in [0.4, 0.5) is 0 Å². The molecule has 2 rings (SSSR count). The van der Waals surface area contributed by atoms with E-state index in [9.17, 15) is 9.59 Å². The number of benzene rings is 1. The number of aliphatic carboxylic acids is 1. The molecular formula is C15H18ClNO3. The number of halogens is 1. The van der Waals surface area contributed by atoms with Gasteiger partial charge in [-0.1, -0.05) is 17.7 Å². The number of carbonyl (C=O) groups excluding carboxylic acids is 1. The SMILES string of the molecule is Cc1ccc(Cl)cc1C(=O)C(CCC(=O)O)NC1CC1. The maximum atomic E-state index is 12.6. The predicted molar refractivity (Wildman–Crippen MR) is 77.3 cm³/mol. The molecule has 2 N–H and O–H groups in total. The molecule has 1 unspecified atom stereocenters. The van der Waals surface area contributed by atoms with E-state index in [1.165, 1.54) is 0 Å². The van der Waals surface area contributed by atoms with Gasteiger partial charge in [0.2, 0.25) is 0 Å². The highest BCUT2D eigenvalue weighted by Gasteiger charge is 2.29. The smallest absolute Gasteiger partial charge is 0.303 e. The van der Waals surface area contributed by atoms with Crippen molar-refractivity contribution in [2.45, 2.75) is 44.7 Å². The summed E-state index contributed by atoms with van der Waals surface area (Å²) in [4.78, 5) is 23.3. The van der Waals surface area contributed by atoms with Crippen LogP contribution in [0.1, 0.15) is 41.6 Å². The molecule has 0 amide bonds. The first kappa shape index (κ1) is 15.0. The second kappa shape index (κ2) is 6.37. The number of hydrogen-bond donors (Lipinski definition) is 2. The number of nitrogens with one attached hydrogen (secondary N) is 1. The molecule has 1 aliphatic carbocycles. The van der Waals surface area contributed by atoms with Crippen molar-refractivity contribution in [3.05, 3.63) is 34.3 Å². The number of Topliss-reactive ketones (excluding diaryl/α,β-unsaturated/α-hetero) is 1. The third kappa shape index (κ3) is 4.05. The summed E-state index contributed by atoms with van der Waals surface area (Å²) >= 11 is 5.94. The molecule has 0 heterocycles. The summed E-state index contributed by atoms with van der Waals surface area (Å²) in [5.41, 5.74) is 1.43. The Morgan fingerprint density at radius 2 is 2.15 bits per heavy atom. The lowest BCUT2D eigenvalue weighted by Crippen LogP contribution is -2.39. The van der Waals surface area contributed by atoms with Gasteiger partial charge in [0.05, 0.1) is 6.04 Å². The van der Waals surface area contributed by atoms with Gasteiger partial charge < -0.3 is 10.4 Å². The molecule has 0 radical (unpaired) electrons. The zero-order valence-corrected chi connectivity index (χ0v) is 12.1. The normalized spacial score (nSPS) is 15.9. The molecule has 1 fully saturated rings. The first-order valence-electron chi connectivity index (χ1n) is 6.75. The second-order valence-corrected chi connectivity index (χ2v) is 5.69. The van der Waals surface area contributed by atoms with Gasteiger partial charge in [0.25, 0.3) is 0 Å². The molecule has 0 aromatic heterocycles. The van der Waals surface area contributed by atoms with E-state index in [-0.39, 0.29) is 12.2 Å². The number of aryl methyl sites for hydroxylation is 1. The van der Waals surface area contributed by atoms with E-state index in [1.54, 1.807) is 18.2 Å². The minimum atomic E-state index is -0.886. The van der Waals surface area contributed by atoms with E-state index >= 15 is 0 Å². The quantitative estimate of drug-likeness (QED) is 0.759. The summed E-state index contributed by atoms with van der Waals surface area (Å²) < 4.78 is 0. The fraction of sp³-hybridized carbons (Fsp3) is 0.467. The van der Waals surface area contributed by atoms with Crippen molar-refractivity contribution in [1.82, 2.24) is 5.32 Å². The van der Waals surface area contributed by atoms with Crippen LogP contribution in [-0.4, -0.2) is 28.9 Å². The summed E-state index contributed by atoms with van der Waals surface area (Å²) in [6.07, 6.45) is 2.38. The van der Waals surface area contributed by atoms with Crippen LogP contribution in [0.15, 0.2) is 18.2 Å². The maximum absolute atomic E-state index is 12.6. The third-order valence-corrected chi connectivity index (χ3v) is 3.68. The van der Waals surface area contributed by atoms with Gasteiger partial charge in [-0.25, -0.2) is 0 Å². The monoisotopic (exact) mass is 295 g/mol. The second-order valence-electron chi connectivity index (χ2n) is 5.25. The van der Waals surface area contributed by atoms with Gasteiger partial charge in [-0.3, -0.25) is 9.59 Å². The zero-order chi connectivity index (χ0) is 14.7. The molecular weight excluding hydrogens is 278 g/mol. The molecule has 1 saturated carbocycles. The van der Waals surface area contributed by atoms with Crippen molar-refractivity contribution in [3.63, 3.8) is 0 Å². The first-order chi connectivity index (χ1) is 9.47. The Morgan fingerprint density at radius 3 is 2.75 bits per heavy atom. The summed E-state index contributed by atoms with van der Waals surface area (Å²) in [6.45, 7) is 1.86. The lowest BCUT2D eigenvalue weighted by molar-refractivity contribution is -0.137. The van der Waals surface area contributed by atoms with E-state index in [0.717, 1.165) is 18.4 Å². The van der Waals surface area contributed by atoms with Crippen LogP contribution in [0.25, 0.3) is 0 Å². The molecule has 5 heteroatoms. The van der Waals surface area contributed by atoms with Crippen LogP contribution < -0.4 is 5.32 Å². The van der Waals surface area contributed by atoms with Crippen LogP contribution >= 0.6 is 11.6 Å². The van der Waals surface area contributed by atoms with E-state index in [4.69, 9.17) is 16.7 Å². The van der Waals surface area contributed by atoms with Gasteiger partial charge in [-0.15, -0.1) is 0 Å². The molecule has 0 spiro atoms. The molecule has 1 aromatic carbocycles. The Morgan fingerprint density at radius 1 is 1.45 bits per heavy atom. The standard InChI is InChI=1S/C15H18ClNO3/c1-9-2-3-10(16)8-12(9)15(20)13(6-7-14(18)19)17-11-4-5-11/h2-3,8,11,13,17H,4-7H2,1H3,(H,18,19). The Bertz CT molecular complexity index is 526. The molecule has 4 nitrogen and oxygen atoms in total. The van der Waals surface area contributed by atoms with Crippen molar-refractivity contribution >= 4 is 23.4 Å². The minimum Gasteiger partial charge on any atom is -0.481 e. The molecule has 0 aliphatic heterocycles. The minimum absolute atomic E-state index is 0.0181. The van der Waals surface area contributed by atoms with E-state index < -0.39 is 12.0 Å². The maximum Gasteiger partial charge on any atom is 0.303 e. The lowest BCUT2D eigenvalue weighted by Gasteiger charge is -2.18.